The number of methoxy groups -OCH3 is 1. The van der Waals surface area contributed by atoms with Gasteiger partial charge in [-0.25, -0.2) is 0 Å². The fourth-order valence-electron chi connectivity index (χ4n) is 3.41. The second kappa shape index (κ2) is 2.71. The highest BCUT2D eigenvalue weighted by Crippen LogP contribution is 2.71. The number of hydrogen-bond donors (Lipinski definition) is 2. The summed E-state index contributed by atoms with van der Waals surface area (Å²) in [7, 11) is 1.62. The molecule has 3 heteroatoms. The summed E-state index contributed by atoms with van der Waals surface area (Å²) in [5, 5.41) is 20.0. The highest BCUT2D eigenvalue weighted by atomic mass is 16.5. The monoisotopic (exact) mass is 200 g/mol. The Morgan fingerprint density at radius 3 is 2.14 bits per heavy atom. The van der Waals surface area contributed by atoms with E-state index in [1.807, 2.05) is 6.92 Å². The van der Waals surface area contributed by atoms with Crippen LogP contribution in [0.25, 0.3) is 0 Å². The molecule has 0 aromatic heterocycles. The topological polar surface area (TPSA) is 49.7 Å². The van der Waals surface area contributed by atoms with Crippen molar-refractivity contribution in [2.24, 2.45) is 17.3 Å². The van der Waals surface area contributed by atoms with Gasteiger partial charge in [0.25, 0.3) is 0 Å². The molecule has 0 heterocycles. The zero-order valence-electron chi connectivity index (χ0n) is 9.32. The largest absolute Gasteiger partial charge is 0.390 e. The lowest BCUT2D eigenvalue weighted by atomic mass is 9.87. The van der Waals surface area contributed by atoms with E-state index in [0.29, 0.717) is 11.8 Å². The van der Waals surface area contributed by atoms with Crippen LogP contribution in [0.4, 0.5) is 0 Å². The Morgan fingerprint density at radius 1 is 1.29 bits per heavy atom. The van der Waals surface area contributed by atoms with E-state index in [1.54, 1.807) is 7.11 Å². The molecule has 0 radical (unpaired) electrons. The Kier molecular flexibility index (Phi) is 2.02. The maximum absolute atomic E-state index is 10.1. The van der Waals surface area contributed by atoms with Crippen molar-refractivity contribution in [1.82, 2.24) is 0 Å². The third-order valence-corrected chi connectivity index (χ3v) is 4.69. The summed E-state index contributed by atoms with van der Waals surface area (Å²) in [6, 6.07) is 0. The van der Waals surface area contributed by atoms with E-state index in [4.69, 9.17) is 4.74 Å². The lowest BCUT2D eigenvalue weighted by Crippen LogP contribution is -2.45. The van der Waals surface area contributed by atoms with Crippen molar-refractivity contribution in [2.75, 3.05) is 7.11 Å². The van der Waals surface area contributed by atoms with E-state index in [2.05, 4.69) is 13.8 Å². The molecule has 2 saturated carbocycles. The van der Waals surface area contributed by atoms with E-state index in [-0.39, 0.29) is 5.41 Å². The Balaban J connectivity index is 2.32. The SMILES string of the molecule is CO[C@@]1(C)[C@H](O)[C@@H](O)[C@@]2(C(C)C)C[C@@H]12. The minimum Gasteiger partial charge on any atom is -0.390 e. The van der Waals surface area contributed by atoms with Crippen molar-refractivity contribution in [3.8, 4) is 0 Å². The van der Waals surface area contributed by atoms with Crippen LogP contribution in [0.5, 0.6) is 0 Å². The minimum absolute atomic E-state index is 0.0931. The van der Waals surface area contributed by atoms with Crippen LogP contribution in [0, 0.1) is 17.3 Å². The summed E-state index contributed by atoms with van der Waals surface area (Å²) in [4.78, 5) is 0. The zero-order chi connectivity index (χ0) is 10.7. The number of rotatable bonds is 2. The molecular weight excluding hydrogens is 180 g/mol. The smallest absolute Gasteiger partial charge is 0.109 e. The standard InChI is InChI=1S/C11H20O3/c1-6(2)11-5-7(11)10(3,14-4)8(12)9(11)13/h6-9,12-13H,5H2,1-4H3/t7-,8+,9+,10+,11+/m0/s1. The maximum Gasteiger partial charge on any atom is 0.109 e. The molecule has 0 bridgehead atoms. The van der Waals surface area contributed by atoms with Gasteiger partial charge >= 0.3 is 0 Å². The summed E-state index contributed by atoms with van der Waals surface area (Å²) in [6.45, 7) is 6.12. The predicted molar refractivity (Wildman–Crippen MR) is 52.8 cm³/mol. The lowest BCUT2D eigenvalue weighted by molar-refractivity contribution is -0.121. The molecule has 2 aliphatic carbocycles. The van der Waals surface area contributed by atoms with Crippen LogP contribution >= 0.6 is 0 Å². The number of aliphatic hydroxyl groups excluding tert-OH is 2. The van der Waals surface area contributed by atoms with Crippen molar-refractivity contribution < 1.29 is 14.9 Å². The molecular formula is C11H20O3. The van der Waals surface area contributed by atoms with Crippen LogP contribution in [0.15, 0.2) is 0 Å². The van der Waals surface area contributed by atoms with Crippen molar-refractivity contribution in [3.05, 3.63) is 0 Å². The molecule has 0 spiro atoms. The van der Waals surface area contributed by atoms with Gasteiger partial charge in [0.1, 0.15) is 6.10 Å². The molecule has 0 unspecified atom stereocenters. The highest BCUT2D eigenvalue weighted by molar-refractivity contribution is 5.25. The molecule has 3 nitrogen and oxygen atoms in total. The summed E-state index contributed by atoms with van der Waals surface area (Å²) in [5.74, 6) is 0.708. The summed E-state index contributed by atoms with van der Waals surface area (Å²) in [5.41, 5.74) is -0.645. The number of aliphatic hydroxyl groups is 2. The normalized spacial score (nSPS) is 56.4. The van der Waals surface area contributed by atoms with Gasteiger partial charge in [-0.2, -0.15) is 0 Å². The van der Waals surface area contributed by atoms with Gasteiger partial charge in [0.15, 0.2) is 0 Å². The first-order valence-corrected chi connectivity index (χ1v) is 5.32. The van der Waals surface area contributed by atoms with Crippen molar-refractivity contribution >= 4 is 0 Å². The van der Waals surface area contributed by atoms with Gasteiger partial charge < -0.3 is 14.9 Å². The highest BCUT2D eigenvalue weighted by Gasteiger charge is 2.76. The molecule has 82 valence electrons. The molecule has 2 rings (SSSR count). The van der Waals surface area contributed by atoms with Crippen LogP contribution in [0.1, 0.15) is 27.2 Å². The fraction of sp³-hybridized carbons (Fsp3) is 1.00. The minimum atomic E-state index is -0.742. The Hall–Kier alpha value is -0.120. The number of hydrogen-bond acceptors (Lipinski definition) is 3. The van der Waals surface area contributed by atoms with E-state index in [1.165, 1.54) is 0 Å². The molecule has 2 N–H and O–H groups in total. The second-order valence-electron chi connectivity index (χ2n) is 5.30. The number of fused-ring (bicyclic) bond motifs is 1. The van der Waals surface area contributed by atoms with E-state index in [9.17, 15) is 10.2 Å². The van der Waals surface area contributed by atoms with Crippen LogP contribution in [0.2, 0.25) is 0 Å². The first kappa shape index (κ1) is 10.4. The molecule has 0 amide bonds. The Morgan fingerprint density at radius 2 is 1.86 bits per heavy atom. The first-order chi connectivity index (χ1) is 6.41. The maximum atomic E-state index is 10.1. The van der Waals surface area contributed by atoms with Crippen molar-refractivity contribution in [3.63, 3.8) is 0 Å². The molecule has 0 aromatic carbocycles. The van der Waals surface area contributed by atoms with Gasteiger partial charge in [-0.3, -0.25) is 0 Å². The van der Waals surface area contributed by atoms with Crippen LogP contribution < -0.4 is 0 Å². The third kappa shape index (κ3) is 0.884. The molecule has 2 fully saturated rings. The van der Waals surface area contributed by atoms with Gasteiger partial charge in [0, 0.05) is 12.5 Å². The molecule has 0 aliphatic heterocycles. The Bertz CT molecular complexity index is 253. The van der Waals surface area contributed by atoms with Crippen LogP contribution in [-0.2, 0) is 4.74 Å². The van der Waals surface area contributed by atoms with Gasteiger partial charge in [0.2, 0.25) is 0 Å². The van der Waals surface area contributed by atoms with Crippen LogP contribution in [0.3, 0.4) is 0 Å². The average molecular weight is 200 g/mol. The van der Waals surface area contributed by atoms with Gasteiger partial charge in [-0.05, 0) is 25.2 Å². The summed E-state index contributed by atoms with van der Waals surface area (Å²) in [6.07, 6.45) is -0.390. The lowest BCUT2D eigenvalue weighted by Gasteiger charge is -2.31. The second-order valence-corrected chi connectivity index (χ2v) is 5.30. The van der Waals surface area contributed by atoms with Gasteiger partial charge in [0.05, 0.1) is 11.7 Å². The Labute approximate surface area is 85.1 Å². The fourth-order valence-corrected chi connectivity index (χ4v) is 3.41. The van der Waals surface area contributed by atoms with Crippen LogP contribution in [-0.4, -0.2) is 35.1 Å². The van der Waals surface area contributed by atoms with Gasteiger partial charge in [-0.15, -0.1) is 0 Å². The van der Waals surface area contributed by atoms with Crippen molar-refractivity contribution in [1.29, 1.82) is 0 Å². The molecule has 14 heavy (non-hydrogen) atoms. The van der Waals surface area contributed by atoms with E-state index < -0.39 is 17.8 Å². The summed E-state index contributed by atoms with van der Waals surface area (Å²) < 4.78 is 5.40. The zero-order valence-corrected chi connectivity index (χ0v) is 9.32. The summed E-state index contributed by atoms with van der Waals surface area (Å²) >= 11 is 0. The van der Waals surface area contributed by atoms with Crippen molar-refractivity contribution in [2.45, 2.75) is 45.0 Å². The molecule has 0 aromatic rings. The average Bonchev–Trinajstić information content (AvgIpc) is 2.87. The third-order valence-electron chi connectivity index (χ3n) is 4.69. The quantitative estimate of drug-likeness (QED) is 0.693. The molecule has 5 atom stereocenters. The van der Waals surface area contributed by atoms with Gasteiger partial charge in [-0.1, -0.05) is 13.8 Å². The number of ether oxygens (including phenoxy) is 1. The first-order valence-electron chi connectivity index (χ1n) is 5.32. The molecule has 0 saturated heterocycles. The van der Waals surface area contributed by atoms with E-state index in [0.717, 1.165) is 6.42 Å². The van der Waals surface area contributed by atoms with E-state index >= 15 is 0 Å². The predicted octanol–water partition coefficient (Wildman–Crippen LogP) is 0.789. The molecule has 2 aliphatic rings.